The van der Waals surface area contributed by atoms with Crippen molar-refractivity contribution in [1.82, 2.24) is 0 Å². The fourth-order valence-corrected chi connectivity index (χ4v) is 1.97. The Morgan fingerprint density at radius 1 is 0.818 bits per heavy atom. The summed E-state index contributed by atoms with van der Waals surface area (Å²) < 4.78 is 17.1. The summed E-state index contributed by atoms with van der Waals surface area (Å²) >= 11 is 0. The molecule has 0 aliphatic carbocycles. The lowest BCUT2D eigenvalue weighted by atomic mass is 10.3. The predicted octanol–water partition coefficient (Wildman–Crippen LogP) is 5.06. The maximum absolute atomic E-state index is 5.74. The molecule has 3 nitrogen and oxygen atoms in total. The van der Waals surface area contributed by atoms with Crippen molar-refractivity contribution < 1.29 is 14.2 Å². The molecule has 0 spiro atoms. The standard InChI is InChI=1S/C19H24O3/c1-3-14-20-16(2)13-15-21-17-9-11-19(12-10-17)22-18-7-5-4-6-8-18/h4-12,16H,3,13-15H2,1-2H3. The summed E-state index contributed by atoms with van der Waals surface area (Å²) in [7, 11) is 0. The zero-order valence-corrected chi connectivity index (χ0v) is 13.3. The summed E-state index contributed by atoms with van der Waals surface area (Å²) in [5, 5.41) is 0. The minimum absolute atomic E-state index is 0.237. The summed E-state index contributed by atoms with van der Waals surface area (Å²) in [6.45, 7) is 5.66. The molecule has 0 aliphatic rings. The van der Waals surface area contributed by atoms with Gasteiger partial charge in [0.15, 0.2) is 0 Å². The molecule has 0 bridgehead atoms. The first-order valence-corrected chi connectivity index (χ1v) is 7.85. The van der Waals surface area contributed by atoms with Gasteiger partial charge in [-0.1, -0.05) is 25.1 Å². The minimum Gasteiger partial charge on any atom is -0.493 e. The minimum atomic E-state index is 0.237. The highest BCUT2D eigenvalue weighted by molar-refractivity contribution is 5.35. The zero-order chi connectivity index (χ0) is 15.6. The van der Waals surface area contributed by atoms with E-state index < -0.39 is 0 Å². The maximum Gasteiger partial charge on any atom is 0.127 e. The van der Waals surface area contributed by atoms with Crippen LogP contribution in [0.4, 0.5) is 0 Å². The molecule has 22 heavy (non-hydrogen) atoms. The number of ether oxygens (including phenoxy) is 3. The van der Waals surface area contributed by atoms with Crippen LogP contribution in [0.5, 0.6) is 17.2 Å². The van der Waals surface area contributed by atoms with Crippen molar-refractivity contribution in [2.24, 2.45) is 0 Å². The molecule has 0 saturated carbocycles. The second-order valence-corrected chi connectivity index (χ2v) is 5.21. The smallest absolute Gasteiger partial charge is 0.127 e. The van der Waals surface area contributed by atoms with Gasteiger partial charge < -0.3 is 14.2 Å². The molecule has 0 aliphatic heterocycles. The van der Waals surface area contributed by atoms with E-state index in [4.69, 9.17) is 14.2 Å². The van der Waals surface area contributed by atoms with Gasteiger partial charge in [-0.15, -0.1) is 0 Å². The predicted molar refractivity (Wildman–Crippen MR) is 88.8 cm³/mol. The Balaban J connectivity index is 1.75. The molecule has 0 radical (unpaired) electrons. The van der Waals surface area contributed by atoms with Gasteiger partial charge in [0.05, 0.1) is 12.7 Å². The summed E-state index contributed by atoms with van der Waals surface area (Å²) in [5.41, 5.74) is 0. The second-order valence-electron chi connectivity index (χ2n) is 5.21. The Bertz CT molecular complexity index is 522. The molecule has 0 saturated heterocycles. The van der Waals surface area contributed by atoms with E-state index in [1.54, 1.807) is 0 Å². The van der Waals surface area contributed by atoms with E-state index in [1.165, 1.54) is 0 Å². The quantitative estimate of drug-likeness (QED) is 0.647. The van der Waals surface area contributed by atoms with Gasteiger partial charge in [0.1, 0.15) is 17.2 Å². The summed E-state index contributed by atoms with van der Waals surface area (Å²) in [5.74, 6) is 2.49. The van der Waals surface area contributed by atoms with Gasteiger partial charge in [0.2, 0.25) is 0 Å². The van der Waals surface area contributed by atoms with Crippen LogP contribution in [0, 0.1) is 0 Å². The van der Waals surface area contributed by atoms with E-state index in [1.807, 2.05) is 54.6 Å². The highest BCUT2D eigenvalue weighted by Crippen LogP contribution is 2.23. The number of benzene rings is 2. The van der Waals surface area contributed by atoms with Crippen LogP contribution >= 0.6 is 0 Å². The molecule has 118 valence electrons. The molecule has 3 heteroatoms. The van der Waals surface area contributed by atoms with Crippen LogP contribution < -0.4 is 9.47 Å². The van der Waals surface area contributed by atoms with Crippen molar-refractivity contribution >= 4 is 0 Å². The molecule has 0 aromatic heterocycles. The largest absolute Gasteiger partial charge is 0.493 e. The average molecular weight is 300 g/mol. The highest BCUT2D eigenvalue weighted by Gasteiger charge is 2.03. The summed E-state index contributed by atoms with van der Waals surface area (Å²) in [6.07, 6.45) is 2.18. The monoisotopic (exact) mass is 300 g/mol. The Hall–Kier alpha value is -2.00. The van der Waals surface area contributed by atoms with Crippen LogP contribution in [0.15, 0.2) is 54.6 Å². The van der Waals surface area contributed by atoms with Gasteiger partial charge in [-0.3, -0.25) is 0 Å². The molecule has 1 unspecified atom stereocenters. The highest BCUT2D eigenvalue weighted by atomic mass is 16.5. The summed E-state index contributed by atoms with van der Waals surface area (Å²) in [4.78, 5) is 0. The Kier molecular flexibility index (Phi) is 6.78. The first-order chi connectivity index (χ1) is 10.8. The van der Waals surface area contributed by atoms with E-state index >= 15 is 0 Å². The maximum atomic E-state index is 5.74. The zero-order valence-electron chi connectivity index (χ0n) is 13.3. The lowest BCUT2D eigenvalue weighted by molar-refractivity contribution is 0.0510. The molecular weight excluding hydrogens is 276 g/mol. The number of rotatable bonds is 9. The van der Waals surface area contributed by atoms with Crippen molar-refractivity contribution in [3.8, 4) is 17.2 Å². The Morgan fingerprint density at radius 2 is 1.45 bits per heavy atom. The van der Waals surface area contributed by atoms with E-state index in [-0.39, 0.29) is 6.10 Å². The van der Waals surface area contributed by atoms with Crippen LogP contribution in [0.25, 0.3) is 0 Å². The van der Waals surface area contributed by atoms with Gasteiger partial charge in [0, 0.05) is 13.0 Å². The molecule has 0 amide bonds. The Morgan fingerprint density at radius 3 is 2.14 bits per heavy atom. The van der Waals surface area contributed by atoms with Crippen molar-refractivity contribution in [3.63, 3.8) is 0 Å². The van der Waals surface area contributed by atoms with E-state index in [0.29, 0.717) is 6.61 Å². The fourth-order valence-electron chi connectivity index (χ4n) is 1.97. The van der Waals surface area contributed by atoms with E-state index in [9.17, 15) is 0 Å². The molecule has 0 N–H and O–H groups in total. The van der Waals surface area contributed by atoms with E-state index in [2.05, 4.69) is 13.8 Å². The van der Waals surface area contributed by atoms with Crippen molar-refractivity contribution in [2.45, 2.75) is 32.8 Å². The van der Waals surface area contributed by atoms with Crippen LogP contribution in [0.1, 0.15) is 26.7 Å². The number of hydrogen-bond acceptors (Lipinski definition) is 3. The first kappa shape index (κ1) is 16.4. The lowest BCUT2D eigenvalue weighted by Crippen LogP contribution is -2.13. The molecule has 2 aromatic carbocycles. The van der Waals surface area contributed by atoms with Crippen LogP contribution in [-0.4, -0.2) is 19.3 Å². The first-order valence-electron chi connectivity index (χ1n) is 7.85. The van der Waals surface area contributed by atoms with Gasteiger partial charge in [-0.25, -0.2) is 0 Å². The number of para-hydroxylation sites is 1. The van der Waals surface area contributed by atoms with Gasteiger partial charge in [0.25, 0.3) is 0 Å². The van der Waals surface area contributed by atoms with Gasteiger partial charge in [-0.05, 0) is 49.7 Å². The lowest BCUT2D eigenvalue weighted by Gasteiger charge is -2.13. The van der Waals surface area contributed by atoms with Crippen molar-refractivity contribution in [1.29, 1.82) is 0 Å². The third-order valence-electron chi connectivity index (χ3n) is 3.20. The Labute approximate surface area is 132 Å². The fraction of sp³-hybridized carbons (Fsp3) is 0.368. The topological polar surface area (TPSA) is 27.7 Å². The van der Waals surface area contributed by atoms with Crippen molar-refractivity contribution in [2.75, 3.05) is 13.2 Å². The van der Waals surface area contributed by atoms with E-state index in [0.717, 1.165) is 36.7 Å². The SMILES string of the molecule is CCCOC(C)CCOc1ccc(Oc2ccccc2)cc1. The van der Waals surface area contributed by atoms with Gasteiger partial charge in [-0.2, -0.15) is 0 Å². The third kappa shape index (κ3) is 5.78. The van der Waals surface area contributed by atoms with Crippen LogP contribution in [0.2, 0.25) is 0 Å². The molecule has 0 heterocycles. The number of hydrogen-bond donors (Lipinski definition) is 0. The normalized spacial score (nSPS) is 11.9. The second kappa shape index (κ2) is 9.11. The average Bonchev–Trinajstić information content (AvgIpc) is 2.55. The molecule has 2 rings (SSSR count). The van der Waals surface area contributed by atoms with Crippen molar-refractivity contribution in [3.05, 3.63) is 54.6 Å². The summed E-state index contributed by atoms with van der Waals surface area (Å²) in [6, 6.07) is 17.4. The molecular formula is C19H24O3. The third-order valence-corrected chi connectivity index (χ3v) is 3.20. The van der Waals surface area contributed by atoms with Crippen LogP contribution in [0.3, 0.4) is 0 Å². The van der Waals surface area contributed by atoms with Gasteiger partial charge >= 0.3 is 0 Å². The van der Waals surface area contributed by atoms with Crippen LogP contribution in [-0.2, 0) is 4.74 Å². The molecule has 0 fully saturated rings. The molecule has 1 atom stereocenters. The molecule has 2 aromatic rings.